The number of carbonyl (C=O) groups is 1. The van der Waals surface area contributed by atoms with Crippen molar-refractivity contribution in [3.8, 4) is 0 Å². The fraction of sp³-hybridized carbons (Fsp3) is 0.933. The zero-order chi connectivity index (χ0) is 15.2. The van der Waals surface area contributed by atoms with Crippen molar-refractivity contribution in [1.82, 2.24) is 0 Å². The molecule has 0 amide bonds. The van der Waals surface area contributed by atoms with E-state index in [4.69, 9.17) is 19.2 Å². The van der Waals surface area contributed by atoms with Gasteiger partial charge >= 0.3 is 5.97 Å². The molecule has 1 aliphatic rings. The van der Waals surface area contributed by atoms with Crippen molar-refractivity contribution in [2.24, 2.45) is 5.92 Å². The molecule has 0 bridgehead atoms. The molecule has 0 spiro atoms. The SMILES string of the molecule is CCOC(=O)C1CCCCC1(OCC)OOC(C)(C)C. The fourth-order valence-electron chi connectivity index (χ4n) is 2.39. The molecule has 0 saturated heterocycles. The lowest BCUT2D eigenvalue weighted by Crippen LogP contribution is -2.51. The first-order chi connectivity index (χ1) is 9.34. The van der Waals surface area contributed by atoms with Crippen molar-refractivity contribution in [2.45, 2.75) is 71.7 Å². The van der Waals surface area contributed by atoms with Gasteiger partial charge in [-0.1, -0.05) is 6.42 Å². The molecule has 0 radical (unpaired) electrons. The van der Waals surface area contributed by atoms with Gasteiger partial charge in [0.1, 0.15) is 5.92 Å². The van der Waals surface area contributed by atoms with E-state index in [-0.39, 0.29) is 5.97 Å². The van der Waals surface area contributed by atoms with E-state index in [2.05, 4.69) is 0 Å². The van der Waals surface area contributed by atoms with Crippen LogP contribution in [0.4, 0.5) is 0 Å². The molecule has 20 heavy (non-hydrogen) atoms. The maximum atomic E-state index is 12.2. The van der Waals surface area contributed by atoms with Gasteiger partial charge in [-0.15, -0.1) is 0 Å². The monoisotopic (exact) mass is 288 g/mol. The van der Waals surface area contributed by atoms with Gasteiger partial charge in [0.15, 0.2) is 0 Å². The Morgan fingerprint density at radius 1 is 1.20 bits per heavy atom. The molecule has 5 heteroatoms. The molecule has 1 saturated carbocycles. The van der Waals surface area contributed by atoms with E-state index in [0.29, 0.717) is 26.1 Å². The third-order valence-corrected chi connectivity index (χ3v) is 3.19. The van der Waals surface area contributed by atoms with Crippen LogP contribution in [0.15, 0.2) is 0 Å². The second-order valence-electron chi connectivity index (χ2n) is 6.07. The zero-order valence-corrected chi connectivity index (χ0v) is 13.4. The maximum Gasteiger partial charge on any atom is 0.314 e. The molecule has 0 aliphatic heterocycles. The summed E-state index contributed by atoms with van der Waals surface area (Å²) in [4.78, 5) is 23.3. The van der Waals surface area contributed by atoms with E-state index < -0.39 is 17.3 Å². The van der Waals surface area contributed by atoms with Gasteiger partial charge in [0.05, 0.1) is 12.2 Å². The molecular formula is C15H28O5. The number of ether oxygens (including phenoxy) is 2. The van der Waals surface area contributed by atoms with Crippen molar-refractivity contribution < 1.29 is 24.0 Å². The highest BCUT2D eigenvalue weighted by molar-refractivity contribution is 5.73. The summed E-state index contributed by atoms with van der Waals surface area (Å²) in [5.41, 5.74) is -0.458. The van der Waals surface area contributed by atoms with E-state index in [0.717, 1.165) is 12.8 Å². The van der Waals surface area contributed by atoms with E-state index in [1.54, 1.807) is 6.92 Å². The van der Waals surface area contributed by atoms with Crippen LogP contribution in [-0.2, 0) is 24.0 Å². The summed E-state index contributed by atoms with van der Waals surface area (Å²) in [6, 6.07) is 0. The number of hydrogen-bond acceptors (Lipinski definition) is 5. The number of hydrogen-bond donors (Lipinski definition) is 0. The first-order valence-electron chi connectivity index (χ1n) is 7.52. The average Bonchev–Trinajstić information content (AvgIpc) is 2.37. The summed E-state index contributed by atoms with van der Waals surface area (Å²) < 4.78 is 11.0. The largest absolute Gasteiger partial charge is 0.466 e. The minimum absolute atomic E-state index is 0.266. The molecule has 2 unspecified atom stereocenters. The molecule has 0 aromatic carbocycles. The number of carbonyl (C=O) groups excluding carboxylic acids is 1. The Balaban J connectivity index is 2.88. The van der Waals surface area contributed by atoms with Gasteiger partial charge in [-0.3, -0.25) is 4.79 Å². The van der Waals surface area contributed by atoms with Gasteiger partial charge in [-0.05, 0) is 47.5 Å². The Hall–Kier alpha value is -0.650. The maximum absolute atomic E-state index is 12.2. The molecule has 0 N–H and O–H groups in total. The Morgan fingerprint density at radius 2 is 1.90 bits per heavy atom. The van der Waals surface area contributed by atoms with Crippen molar-refractivity contribution in [2.75, 3.05) is 13.2 Å². The van der Waals surface area contributed by atoms with E-state index in [1.807, 2.05) is 27.7 Å². The normalized spacial score (nSPS) is 27.4. The van der Waals surface area contributed by atoms with Crippen LogP contribution in [0.1, 0.15) is 60.3 Å². The Bertz CT molecular complexity index is 306. The molecule has 0 aromatic rings. The van der Waals surface area contributed by atoms with Crippen LogP contribution < -0.4 is 0 Å². The zero-order valence-electron chi connectivity index (χ0n) is 13.4. The standard InChI is InChI=1S/C15H28O5/c1-6-17-13(16)12-10-8-9-11-15(12,18-7-2)20-19-14(3,4)5/h12H,6-11H2,1-5H3. The van der Waals surface area contributed by atoms with Crippen LogP contribution >= 0.6 is 0 Å². The average molecular weight is 288 g/mol. The summed E-state index contributed by atoms with van der Waals surface area (Å²) in [6.07, 6.45) is 3.26. The summed E-state index contributed by atoms with van der Waals surface area (Å²) in [5, 5.41) is 0. The lowest BCUT2D eigenvalue weighted by molar-refractivity contribution is -0.473. The molecule has 1 aliphatic carbocycles. The smallest absolute Gasteiger partial charge is 0.314 e. The van der Waals surface area contributed by atoms with Crippen LogP contribution in [0.5, 0.6) is 0 Å². The summed E-state index contributed by atoms with van der Waals surface area (Å²) in [7, 11) is 0. The summed E-state index contributed by atoms with van der Waals surface area (Å²) >= 11 is 0. The Labute approximate surface area is 121 Å². The van der Waals surface area contributed by atoms with Crippen molar-refractivity contribution in [1.29, 1.82) is 0 Å². The van der Waals surface area contributed by atoms with E-state index >= 15 is 0 Å². The lowest BCUT2D eigenvalue weighted by atomic mass is 9.83. The molecule has 5 nitrogen and oxygen atoms in total. The molecule has 1 rings (SSSR count). The topological polar surface area (TPSA) is 54.0 Å². The van der Waals surface area contributed by atoms with E-state index in [1.165, 1.54) is 0 Å². The van der Waals surface area contributed by atoms with Crippen LogP contribution in [-0.4, -0.2) is 30.6 Å². The molecule has 1 fully saturated rings. The third kappa shape index (κ3) is 4.72. The number of esters is 1. The van der Waals surface area contributed by atoms with Crippen molar-refractivity contribution >= 4 is 5.97 Å². The highest BCUT2D eigenvalue weighted by Crippen LogP contribution is 2.39. The Kier molecular flexibility index (Phi) is 6.43. The van der Waals surface area contributed by atoms with Gasteiger partial charge < -0.3 is 9.47 Å². The quantitative estimate of drug-likeness (QED) is 0.325. The van der Waals surface area contributed by atoms with Gasteiger partial charge in [-0.25, -0.2) is 4.89 Å². The molecule has 0 heterocycles. The predicted octanol–water partition coefficient (Wildman–Crippen LogP) is 3.22. The first-order valence-corrected chi connectivity index (χ1v) is 7.52. The third-order valence-electron chi connectivity index (χ3n) is 3.19. The van der Waals surface area contributed by atoms with Crippen LogP contribution in [0.2, 0.25) is 0 Å². The van der Waals surface area contributed by atoms with Crippen LogP contribution in [0.3, 0.4) is 0 Å². The summed E-state index contributed by atoms with van der Waals surface area (Å²) in [6.45, 7) is 10.2. The van der Waals surface area contributed by atoms with Gasteiger partial charge in [-0.2, -0.15) is 4.89 Å². The summed E-state index contributed by atoms with van der Waals surface area (Å²) in [5.74, 6) is -1.72. The number of rotatable bonds is 6. The minimum atomic E-state index is -1.02. The lowest BCUT2D eigenvalue weighted by Gasteiger charge is -2.41. The highest BCUT2D eigenvalue weighted by atomic mass is 17.2. The van der Waals surface area contributed by atoms with Crippen molar-refractivity contribution in [3.05, 3.63) is 0 Å². The first kappa shape index (κ1) is 17.4. The van der Waals surface area contributed by atoms with E-state index in [9.17, 15) is 4.79 Å². The molecule has 0 aromatic heterocycles. The van der Waals surface area contributed by atoms with Gasteiger partial charge in [0.2, 0.25) is 5.79 Å². The van der Waals surface area contributed by atoms with Gasteiger partial charge in [0, 0.05) is 13.0 Å². The molecule has 118 valence electrons. The molecular weight excluding hydrogens is 260 g/mol. The predicted molar refractivity (Wildman–Crippen MR) is 74.9 cm³/mol. The second-order valence-corrected chi connectivity index (χ2v) is 6.07. The molecule has 2 atom stereocenters. The highest BCUT2D eigenvalue weighted by Gasteiger charge is 2.49. The fourth-order valence-corrected chi connectivity index (χ4v) is 2.39. The van der Waals surface area contributed by atoms with Crippen LogP contribution in [0.25, 0.3) is 0 Å². The van der Waals surface area contributed by atoms with Crippen LogP contribution in [0, 0.1) is 5.92 Å². The minimum Gasteiger partial charge on any atom is -0.466 e. The Morgan fingerprint density at radius 3 is 2.45 bits per heavy atom. The van der Waals surface area contributed by atoms with Gasteiger partial charge in [0.25, 0.3) is 0 Å². The van der Waals surface area contributed by atoms with Crippen molar-refractivity contribution in [3.63, 3.8) is 0 Å². The second kappa shape index (κ2) is 7.38.